The summed E-state index contributed by atoms with van der Waals surface area (Å²) in [4.78, 5) is 28.3. The summed E-state index contributed by atoms with van der Waals surface area (Å²) < 4.78 is 0. The lowest BCUT2D eigenvalue weighted by Gasteiger charge is -2.36. The fourth-order valence-corrected chi connectivity index (χ4v) is 1.71. The minimum atomic E-state index is -1.60. The molecule has 0 bridgehead atoms. The number of guanidine groups is 1. The van der Waals surface area contributed by atoms with E-state index in [1.807, 2.05) is 0 Å². The molecule has 0 spiro atoms. The Kier molecular flexibility index (Phi) is 8.02. The van der Waals surface area contributed by atoms with Crippen molar-refractivity contribution in [2.75, 3.05) is 13.1 Å². The molecule has 2 unspecified atom stereocenters. The van der Waals surface area contributed by atoms with Gasteiger partial charge < -0.3 is 27.2 Å². The second-order valence-electron chi connectivity index (χ2n) is 6.69. The van der Waals surface area contributed by atoms with Gasteiger partial charge in [-0.15, -0.1) is 0 Å². The molecule has 0 fully saturated rings. The van der Waals surface area contributed by atoms with E-state index in [1.165, 1.54) is 6.92 Å². The van der Waals surface area contributed by atoms with Crippen molar-refractivity contribution in [3.63, 3.8) is 0 Å². The van der Waals surface area contributed by atoms with E-state index in [9.17, 15) is 14.7 Å². The lowest BCUT2D eigenvalue weighted by Crippen LogP contribution is -2.58. The van der Waals surface area contributed by atoms with Crippen LogP contribution >= 0.6 is 0 Å². The number of carbonyl (C=O) groups is 2. The average molecular weight is 329 g/mol. The molecule has 8 nitrogen and oxygen atoms in total. The van der Waals surface area contributed by atoms with Crippen molar-refractivity contribution < 1.29 is 14.7 Å². The third-order valence-corrected chi connectivity index (χ3v) is 3.82. The molecular formula is C15H31N5O3. The molecule has 0 saturated heterocycles. The quantitative estimate of drug-likeness (QED) is 0.231. The van der Waals surface area contributed by atoms with Gasteiger partial charge in [0.05, 0.1) is 0 Å². The average Bonchev–Trinajstić information content (AvgIpc) is 2.40. The van der Waals surface area contributed by atoms with Crippen LogP contribution in [0, 0.1) is 5.41 Å². The molecule has 23 heavy (non-hydrogen) atoms. The van der Waals surface area contributed by atoms with Crippen molar-refractivity contribution >= 4 is 17.8 Å². The number of nitrogens with zero attached hydrogens (tertiary/aromatic N) is 1. The van der Waals surface area contributed by atoms with Crippen molar-refractivity contribution in [2.24, 2.45) is 21.9 Å². The number of amides is 2. The van der Waals surface area contributed by atoms with Gasteiger partial charge in [-0.1, -0.05) is 20.8 Å². The highest BCUT2D eigenvalue weighted by atomic mass is 16.3. The highest BCUT2D eigenvalue weighted by molar-refractivity contribution is 5.91. The van der Waals surface area contributed by atoms with Crippen LogP contribution in [0.2, 0.25) is 0 Å². The Morgan fingerprint density at radius 2 is 1.78 bits per heavy atom. The maximum atomic E-state index is 12.4. The van der Waals surface area contributed by atoms with Crippen molar-refractivity contribution in [3.8, 4) is 0 Å². The lowest BCUT2D eigenvalue weighted by atomic mass is 9.77. The second kappa shape index (κ2) is 8.71. The Morgan fingerprint density at radius 3 is 2.22 bits per heavy atom. The molecule has 0 aromatic heterocycles. The molecule has 0 aliphatic rings. The number of hydrogen-bond donors (Lipinski definition) is 5. The van der Waals surface area contributed by atoms with Crippen LogP contribution in [0.3, 0.4) is 0 Å². The van der Waals surface area contributed by atoms with Crippen LogP contribution in [0.1, 0.15) is 47.5 Å². The fourth-order valence-electron chi connectivity index (χ4n) is 1.71. The summed E-state index contributed by atoms with van der Waals surface area (Å²) in [7, 11) is 0. The summed E-state index contributed by atoms with van der Waals surface area (Å²) in [5, 5.41) is 15.7. The van der Waals surface area contributed by atoms with Crippen LogP contribution in [0.25, 0.3) is 0 Å². The Balaban J connectivity index is 4.91. The molecule has 0 aliphatic carbocycles. The number of rotatable bonds is 8. The fraction of sp³-hybridized carbons (Fsp3) is 0.800. The minimum Gasteiger partial charge on any atom is -0.380 e. The summed E-state index contributed by atoms with van der Waals surface area (Å²) in [5.41, 5.74) is 8.23. The summed E-state index contributed by atoms with van der Waals surface area (Å²) in [5.74, 6) is -0.891. The van der Waals surface area contributed by atoms with E-state index >= 15 is 0 Å². The molecule has 2 atom stereocenters. The van der Waals surface area contributed by atoms with E-state index < -0.39 is 23.0 Å². The van der Waals surface area contributed by atoms with Gasteiger partial charge in [-0.3, -0.25) is 14.6 Å². The predicted octanol–water partition coefficient (Wildman–Crippen LogP) is -0.542. The standard InChI is InChI=1S/C15H31N5O3/c1-6-18-11(21)10(8-7-9-19-13(16)17)20-12(22)15(5,23)14(2,3)4/h10,23H,6-9H2,1-5H3,(H,18,21)(H,20,22)(H4,16,17,19). The van der Waals surface area contributed by atoms with Gasteiger partial charge in [0.25, 0.3) is 5.91 Å². The highest BCUT2D eigenvalue weighted by Crippen LogP contribution is 2.30. The van der Waals surface area contributed by atoms with Crippen LogP contribution in [-0.4, -0.2) is 47.6 Å². The van der Waals surface area contributed by atoms with E-state index in [0.29, 0.717) is 25.9 Å². The van der Waals surface area contributed by atoms with Crippen LogP contribution in [0.15, 0.2) is 4.99 Å². The molecular weight excluding hydrogens is 298 g/mol. The van der Waals surface area contributed by atoms with Gasteiger partial charge in [-0.2, -0.15) is 0 Å². The zero-order valence-corrected chi connectivity index (χ0v) is 14.8. The molecule has 0 aromatic rings. The minimum absolute atomic E-state index is 0.0146. The summed E-state index contributed by atoms with van der Waals surface area (Å²) in [6.45, 7) is 9.32. The van der Waals surface area contributed by atoms with Crippen LogP contribution in [-0.2, 0) is 9.59 Å². The third-order valence-electron chi connectivity index (χ3n) is 3.82. The van der Waals surface area contributed by atoms with E-state index in [0.717, 1.165) is 0 Å². The summed E-state index contributed by atoms with van der Waals surface area (Å²) in [6, 6.07) is -0.745. The molecule has 0 aliphatic heterocycles. The van der Waals surface area contributed by atoms with Crippen molar-refractivity contribution in [1.29, 1.82) is 0 Å². The summed E-state index contributed by atoms with van der Waals surface area (Å²) in [6.07, 6.45) is 0.895. The molecule has 0 saturated carbocycles. The van der Waals surface area contributed by atoms with Crippen molar-refractivity contribution in [1.82, 2.24) is 10.6 Å². The third kappa shape index (κ3) is 6.85. The predicted molar refractivity (Wildman–Crippen MR) is 90.6 cm³/mol. The first-order valence-electron chi connectivity index (χ1n) is 7.80. The number of aliphatic imine (C=N–C) groups is 1. The first-order chi connectivity index (χ1) is 10.4. The van der Waals surface area contributed by atoms with Crippen molar-refractivity contribution in [3.05, 3.63) is 0 Å². The van der Waals surface area contributed by atoms with Crippen LogP contribution in [0.4, 0.5) is 0 Å². The number of carbonyl (C=O) groups excluding carboxylic acids is 2. The molecule has 2 amide bonds. The molecule has 0 aromatic carbocycles. The van der Waals surface area contributed by atoms with Gasteiger partial charge in [-0.05, 0) is 32.1 Å². The molecule has 0 heterocycles. The zero-order valence-electron chi connectivity index (χ0n) is 14.8. The SMILES string of the molecule is CCNC(=O)C(CCCN=C(N)N)NC(=O)C(C)(O)C(C)(C)C. The van der Waals surface area contributed by atoms with Crippen molar-refractivity contribution in [2.45, 2.75) is 59.1 Å². The maximum absolute atomic E-state index is 12.4. The Labute approximate surface area is 138 Å². The monoisotopic (exact) mass is 329 g/mol. The van der Waals surface area contributed by atoms with E-state index in [1.54, 1.807) is 27.7 Å². The van der Waals surface area contributed by atoms with Gasteiger partial charge in [0.15, 0.2) is 5.96 Å². The zero-order chi connectivity index (χ0) is 18.3. The number of aliphatic hydroxyl groups is 1. The van der Waals surface area contributed by atoms with E-state index in [-0.39, 0.29) is 11.9 Å². The largest absolute Gasteiger partial charge is 0.380 e. The molecule has 0 radical (unpaired) electrons. The molecule has 8 heteroatoms. The van der Waals surface area contributed by atoms with Gasteiger partial charge >= 0.3 is 0 Å². The Bertz CT molecular complexity index is 437. The topological polar surface area (TPSA) is 143 Å². The molecule has 7 N–H and O–H groups in total. The normalized spacial score (nSPS) is 15.2. The highest BCUT2D eigenvalue weighted by Gasteiger charge is 2.43. The maximum Gasteiger partial charge on any atom is 0.252 e. The van der Waals surface area contributed by atoms with Crippen LogP contribution in [0.5, 0.6) is 0 Å². The molecule has 0 rings (SSSR count). The van der Waals surface area contributed by atoms with Gasteiger partial charge in [-0.25, -0.2) is 0 Å². The summed E-state index contributed by atoms with van der Waals surface area (Å²) >= 11 is 0. The van der Waals surface area contributed by atoms with Gasteiger partial charge in [0.1, 0.15) is 11.6 Å². The number of hydrogen-bond acceptors (Lipinski definition) is 4. The molecule has 134 valence electrons. The second-order valence-corrected chi connectivity index (χ2v) is 6.69. The number of likely N-dealkylation sites (N-methyl/N-ethyl adjacent to an activating group) is 1. The first-order valence-corrected chi connectivity index (χ1v) is 7.80. The van der Waals surface area contributed by atoms with Crippen LogP contribution < -0.4 is 22.1 Å². The van der Waals surface area contributed by atoms with Gasteiger partial charge in [0, 0.05) is 13.1 Å². The van der Waals surface area contributed by atoms with Gasteiger partial charge in [0.2, 0.25) is 5.91 Å². The van der Waals surface area contributed by atoms with E-state index in [2.05, 4.69) is 15.6 Å². The lowest BCUT2D eigenvalue weighted by molar-refractivity contribution is -0.151. The number of nitrogens with two attached hydrogens (primary N) is 2. The smallest absolute Gasteiger partial charge is 0.252 e. The Morgan fingerprint density at radius 1 is 1.22 bits per heavy atom. The first kappa shape index (κ1) is 21.2. The number of nitrogens with one attached hydrogen (secondary N) is 2. The van der Waals surface area contributed by atoms with E-state index in [4.69, 9.17) is 11.5 Å². The Hall–Kier alpha value is -1.83.